The first-order chi connectivity index (χ1) is 41.9. The molecule has 0 aliphatic heterocycles. The number of nitrogens with two attached hydrogens (primary N) is 2. The minimum absolute atomic E-state index is 0. The van der Waals surface area contributed by atoms with Crippen LogP contribution in [-0.4, -0.2) is 122 Å². The zero-order valence-corrected chi connectivity index (χ0v) is 53.4. The maximum atomic E-state index is 13.4. The average Bonchev–Trinajstić information content (AvgIpc) is 0.864. The van der Waals surface area contributed by atoms with E-state index in [-0.39, 0.29) is 105 Å². The number of anilines is 7. The maximum absolute atomic E-state index is 13.4. The summed E-state index contributed by atoms with van der Waals surface area (Å²) >= 11 is 17.4. The van der Waals surface area contributed by atoms with Crippen LogP contribution in [0.3, 0.4) is 0 Å². The summed E-state index contributed by atoms with van der Waals surface area (Å²) < 4.78 is 120. The van der Waals surface area contributed by atoms with Crippen molar-refractivity contribution >= 4 is 158 Å². The van der Waals surface area contributed by atoms with Gasteiger partial charge in [0.15, 0.2) is 11.5 Å². The minimum atomic E-state index is -3.19. The molecule has 3 heterocycles. The molecule has 0 aliphatic carbocycles. The number of benzene rings is 6. The molecular formula is C53H50Cl4F3FeN13O13S3. The molecule has 7 N–H and O–H groups in total. The molecule has 6 aromatic carbocycles. The Labute approximate surface area is 541 Å². The van der Waals surface area contributed by atoms with Gasteiger partial charge in [-0.3, -0.25) is 20.2 Å². The van der Waals surface area contributed by atoms with Gasteiger partial charge in [-0.05, 0) is 73.5 Å². The van der Waals surface area contributed by atoms with E-state index in [4.69, 9.17) is 60.5 Å². The molecule has 0 bridgehead atoms. The molecule has 3 aromatic heterocycles. The number of nitrogen functional groups attached to an aromatic ring is 1. The summed E-state index contributed by atoms with van der Waals surface area (Å²) in [5.74, 6) is -0.203. The zero-order valence-electron chi connectivity index (χ0n) is 46.8. The third-order valence-corrected chi connectivity index (χ3v) is 14.3. The number of hydrogen-bond acceptors (Lipinski definition) is 24. The maximum Gasteiger partial charge on any atom is 0.311 e. The molecule has 0 atom stereocenters. The molecule has 0 spiro atoms. The van der Waals surface area contributed by atoms with Crippen LogP contribution in [0, 0.1) is 37.7 Å². The van der Waals surface area contributed by atoms with Crippen LogP contribution in [0.5, 0.6) is 17.2 Å². The fourth-order valence-electron chi connectivity index (χ4n) is 7.49. The molecule has 9 rings (SSSR count). The van der Waals surface area contributed by atoms with Crippen molar-refractivity contribution in [1.29, 1.82) is 0 Å². The number of rotatable bonds is 21. The van der Waals surface area contributed by atoms with Crippen molar-refractivity contribution in [3.05, 3.63) is 163 Å². The molecule has 26 nitrogen and oxygen atoms in total. The van der Waals surface area contributed by atoms with E-state index in [2.05, 4.69) is 56.5 Å². The van der Waals surface area contributed by atoms with Crippen LogP contribution in [0.4, 0.5) is 64.7 Å². The van der Waals surface area contributed by atoms with Gasteiger partial charge in [-0.1, -0.05) is 34.8 Å². The Bertz CT molecular complexity index is 4450. The minimum Gasteiger partial charge on any atom is -0.491 e. The van der Waals surface area contributed by atoms with Crippen LogP contribution >= 0.6 is 45.5 Å². The van der Waals surface area contributed by atoms with Gasteiger partial charge in [0.25, 0.3) is 0 Å². The quantitative estimate of drug-likeness (QED) is 0.0111. The predicted octanol–water partition coefficient (Wildman–Crippen LogP) is 11.0. The number of fused-ring (bicyclic) bond motifs is 3. The van der Waals surface area contributed by atoms with Gasteiger partial charge in [-0.25, -0.2) is 68.3 Å². The largest absolute Gasteiger partial charge is 0.491 e. The Balaban J connectivity index is 0.000000235. The van der Waals surface area contributed by atoms with Gasteiger partial charge < -0.3 is 41.6 Å². The Morgan fingerprint density at radius 1 is 0.511 bits per heavy atom. The summed E-state index contributed by atoms with van der Waals surface area (Å²) in [6.45, 7) is 0.560. The molecule has 0 unspecified atom stereocenters. The van der Waals surface area contributed by atoms with Crippen molar-refractivity contribution in [2.24, 2.45) is 5.73 Å². The zero-order chi connectivity index (χ0) is 65.4. The molecule has 0 aliphatic rings. The first-order valence-electron chi connectivity index (χ1n) is 25.3. The topological polar surface area (TPSA) is 382 Å². The monoisotopic (exact) mass is 1430 g/mol. The van der Waals surface area contributed by atoms with E-state index in [1.54, 1.807) is 12.1 Å². The van der Waals surface area contributed by atoms with Gasteiger partial charge in [0.1, 0.15) is 85.9 Å². The second-order valence-corrected chi connectivity index (χ2v) is 27.3. The summed E-state index contributed by atoms with van der Waals surface area (Å²) in [7, 11) is -4.89. The van der Waals surface area contributed by atoms with Crippen LogP contribution in [0.25, 0.3) is 32.7 Å². The van der Waals surface area contributed by atoms with E-state index in [0.717, 1.165) is 12.5 Å². The Hall–Kier alpha value is -7.98. The number of aromatic nitrogens is 6. The van der Waals surface area contributed by atoms with Crippen LogP contribution < -0.4 is 41.6 Å². The summed E-state index contributed by atoms with van der Waals surface area (Å²) in [5.41, 5.74) is 14.1. The van der Waals surface area contributed by atoms with Crippen LogP contribution in [0.1, 0.15) is 12.8 Å². The second-order valence-electron chi connectivity index (χ2n) is 18.5. The number of ether oxygens (including phenoxy) is 3. The molecule has 0 saturated heterocycles. The number of nitrogens with one attached hydrogen (secondary N) is 3. The standard InChI is InChI=1S/C18H16ClFN4O5S.C18H18ClFN4O3S.C16H13ClFN5O3.CH3ClO2S.Fe/c1-30(27,28)6-2-5-29-17-9-15-12(8-16(17)24(25)26)18(22-10-21-15)23-11-3-4-14(20)13(19)7-11;1-28(25,26)6-2-5-27-17-9-16-12(8-15(17)21)18(23-10-22-16)24-11-3-4-14(20)13(19)7-11;17-11-5-9(1-2-12(11)18)22-16-10-6-14(23(24)25)15(26-4-3-19)7-13(10)20-8-21-16;1-5(2,3)4;/h3-4,7-10H,2,5-6H2,1H3,(H,21,22,23);3-4,7-10H,2,5-6,21H2,1H3,(H,22,23,24);1-2,5-8H,3-4,19H2,(H,20,21,22);1H3;. The third-order valence-electron chi connectivity index (χ3n) is 11.3. The van der Waals surface area contributed by atoms with Crippen molar-refractivity contribution in [2.45, 2.75) is 12.8 Å². The van der Waals surface area contributed by atoms with Crippen LogP contribution in [0.2, 0.25) is 15.1 Å². The fourth-order valence-corrected chi connectivity index (χ4v) is 9.32. The van der Waals surface area contributed by atoms with Gasteiger partial charge in [0.05, 0.1) is 88.9 Å². The van der Waals surface area contributed by atoms with Crippen molar-refractivity contribution in [2.75, 3.05) is 78.3 Å². The van der Waals surface area contributed by atoms with E-state index in [0.29, 0.717) is 79.3 Å². The molecule has 0 fully saturated rings. The molecule has 0 amide bonds. The van der Waals surface area contributed by atoms with Crippen LogP contribution in [0.15, 0.2) is 110 Å². The Morgan fingerprint density at radius 2 is 0.822 bits per heavy atom. The number of nitro benzene ring substituents is 2. The molecule has 9 aromatic rings. The third kappa shape index (κ3) is 22.5. The van der Waals surface area contributed by atoms with Crippen molar-refractivity contribution in [3.8, 4) is 17.2 Å². The average molecular weight is 1430 g/mol. The van der Waals surface area contributed by atoms with E-state index in [1.807, 2.05) is 0 Å². The van der Waals surface area contributed by atoms with Crippen molar-refractivity contribution < 1.29 is 79.6 Å². The molecule has 90 heavy (non-hydrogen) atoms. The first-order valence-corrected chi connectivity index (χ1v) is 33.2. The van der Waals surface area contributed by atoms with E-state index >= 15 is 0 Å². The SMILES string of the molecule is CS(=O)(=O)CCCOc1cc2ncnc(Nc3ccc(F)c(Cl)c3)c2cc1N.CS(=O)(=O)CCCOc1cc2ncnc(Nc3ccc(F)c(Cl)c3)c2cc1[N+](=O)[O-].CS(=O)(=O)Cl.NCCOc1cc2ncnc(Nc3ccc(F)c(Cl)c3)c2cc1[N+](=O)[O-].[Fe]. The fraction of sp³-hybridized carbons (Fsp3) is 0.208. The second kappa shape index (κ2) is 32.7. The predicted molar refractivity (Wildman–Crippen MR) is 335 cm³/mol. The number of sulfone groups is 2. The molecular weight excluding hydrogens is 1380 g/mol. The van der Waals surface area contributed by atoms with Gasteiger partial charge in [0.2, 0.25) is 9.05 Å². The van der Waals surface area contributed by atoms with Gasteiger partial charge >= 0.3 is 11.4 Å². The molecule has 0 saturated carbocycles. The van der Waals surface area contributed by atoms with E-state index in [1.165, 1.54) is 104 Å². The first kappa shape index (κ1) is 72.8. The molecule has 0 radical (unpaired) electrons. The number of hydrogen-bond donors (Lipinski definition) is 5. The van der Waals surface area contributed by atoms with Gasteiger partial charge in [-0.2, -0.15) is 0 Å². The van der Waals surface area contributed by atoms with Gasteiger partial charge in [0, 0.05) is 99.6 Å². The van der Waals surface area contributed by atoms with E-state index < -0.39 is 56.0 Å². The summed E-state index contributed by atoms with van der Waals surface area (Å²) in [6, 6.07) is 21.0. The van der Waals surface area contributed by atoms with Gasteiger partial charge in [-0.15, -0.1) is 0 Å². The van der Waals surface area contributed by atoms with Crippen molar-refractivity contribution in [1.82, 2.24) is 29.9 Å². The van der Waals surface area contributed by atoms with Crippen LogP contribution in [-0.2, 0) is 45.8 Å². The number of nitrogens with zero attached hydrogens (tertiary/aromatic N) is 8. The van der Waals surface area contributed by atoms with Crippen molar-refractivity contribution in [3.63, 3.8) is 0 Å². The summed E-state index contributed by atoms with van der Waals surface area (Å²) in [6.07, 6.45) is 7.69. The summed E-state index contributed by atoms with van der Waals surface area (Å²) in [5, 5.41) is 33.1. The van der Waals surface area contributed by atoms with E-state index in [9.17, 15) is 58.7 Å². The Kier molecular flexibility index (Phi) is 26.4. The summed E-state index contributed by atoms with van der Waals surface area (Å²) in [4.78, 5) is 46.5. The normalized spacial score (nSPS) is 11.1. The smallest absolute Gasteiger partial charge is 0.311 e. The molecule has 480 valence electrons. The molecule has 37 heteroatoms. The Morgan fingerprint density at radius 3 is 1.13 bits per heavy atom. The number of halogens is 7. The number of nitro groups is 2.